The van der Waals surface area contributed by atoms with Crippen LogP contribution in [0, 0.1) is 0 Å². The van der Waals surface area contributed by atoms with E-state index in [1.54, 1.807) is 0 Å². The molecule has 86 valence electrons. The molecule has 0 bridgehead atoms. The summed E-state index contributed by atoms with van der Waals surface area (Å²) in [6.07, 6.45) is 2.92. The van der Waals surface area contributed by atoms with E-state index < -0.39 is 0 Å². The van der Waals surface area contributed by atoms with Gasteiger partial charge in [0.15, 0.2) is 0 Å². The molecule has 0 aromatic carbocycles. The Kier molecular flexibility index (Phi) is 2.49. The van der Waals surface area contributed by atoms with Gasteiger partial charge in [-0.3, -0.25) is 0 Å². The molecule has 1 atom stereocenters. The van der Waals surface area contributed by atoms with Crippen molar-refractivity contribution in [3.8, 4) is 0 Å². The third-order valence-electron chi connectivity index (χ3n) is 3.24. The summed E-state index contributed by atoms with van der Waals surface area (Å²) in [5, 5.41) is 3.31. The Labute approximate surface area is 93.2 Å². The van der Waals surface area contributed by atoms with Gasteiger partial charge in [-0.25, -0.2) is 4.79 Å². The minimum Gasteiger partial charge on any atom is -0.372 e. The molecule has 0 radical (unpaired) electrons. The van der Waals surface area contributed by atoms with E-state index in [1.807, 2.05) is 0 Å². The minimum absolute atomic E-state index is 0.0240. The fourth-order valence-electron chi connectivity index (χ4n) is 2.46. The van der Waals surface area contributed by atoms with Crippen molar-refractivity contribution in [2.75, 3.05) is 13.2 Å². The largest absolute Gasteiger partial charge is 0.372 e. The maximum atomic E-state index is 11.5. The summed E-state index contributed by atoms with van der Waals surface area (Å²) in [7, 11) is 0. The lowest BCUT2D eigenvalue weighted by molar-refractivity contribution is 0.107. The molecule has 2 aliphatic rings. The summed E-state index contributed by atoms with van der Waals surface area (Å²) >= 11 is 0. The molecule has 1 aromatic rings. The van der Waals surface area contributed by atoms with Gasteiger partial charge < -0.3 is 15.0 Å². The van der Waals surface area contributed by atoms with Gasteiger partial charge in [0.25, 0.3) is 0 Å². The van der Waals surface area contributed by atoms with Crippen molar-refractivity contribution in [2.24, 2.45) is 0 Å². The number of fused-ring (bicyclic) bond motifs is 1. The Bertz CT molecular complexity index is 449. The molecule has 1 fully saturated rings. The van der Waals surface area contributed by atoms with Crippen LogP contribution in [-0.4, -0.2) is 23.1 Å². The van der Waals surface area contributed by atoms with E-state index in [0.29, 0.717) is 0 Å². The molecule has 5 nitrogen and oxygen atoms in total. The number of aromatic nitrogens is 2. The summed E-state index contributed by atoms with van der Waals surface area (Å²) in [5.74, 6) is 0. The molecule has 16 heavy (non-hydrogen) atoms. The molecule has 3 heterocycles. The summed E-state index contributed by atoms with van der Waals surface area (Å²) < 4.78 is 5.62. The molecule has 2 aliphatic heterocycles. The van der Waals surface area contributed by atoms with Gasteiger partial charge in [-0.05, 0) is 12.8 Å². The molecule has 0 spiro atoms. The van der Waals surface area contributed by atoms with E-state index >= 15 is 0 Å². The van der Waals surface area contributed by atoms with Crippen LogP contribution in [-0.2, 0) is 17.7 Å². The van der Waals surface area contributed by atoms with Crippen molar-refractivity contribution in [2.45, 2.75) is 31.9 Å². The van der Waals surface area contributed by atoms with Gasteiger partial charge in [0.05, 0.1) is 5.69 Å². The SMILES string of the molecule is O=c1nc(C2CCCO2)c2c([nH]1)CCNC2. The second-order valence-corrected chi connectivity index (χ2v) is 4.31. The Morgan fingerprint density at radius 2 is 2.38 bits per heavy atom. The molecule has 2 N–H and O–H groups in total. The topological polar surface area (TPSA) is 67.0 Å². The average Bonchev–Trinajstić information content (AvgIpc) is 2.81. The number of aromatic amines is 1. The molecule has 3 rings (SSSR count). The number of ether oxygens (including phenoxy) is 1. The van der Waals surface area contributed by atoms with E-state index in [9.17, 15) is 4.79 Å². The maximum Gasteiger partial charge on any atom is 0.345 e. The molecule has 1 unspecified atom stereocenters. The lowest BCUT2D eigenvalue weighted by Gasteiger charge is -2.21. The van der Waals surface area contributed by atoms with Crippen molar-refractivity contribution in [1.82, 2.24) is 15.3 Å². The quantitative estimate of drug-likeness (QED) is 0.714. The van der Waals surface area contributed by atoms with Crippen LogP contribution >= 0.6 is 0 Å². The van der Waals surface area contributed by atoms with Gasteiger partial charge >= 0.3 is 5.69 Å². The highest BCUT2D eigenvalue weighted by Gasteiger charge is 2.25. The van der Waals surface area contributed by atoms with E-state index in [1.165, 1.54) is 0 Å². The van der Waals surface area contributed by atoms with Crippen LogP contribution in [0.2, 0.25) is 0 Å². The lowest BCUT2D eigenvalue weighted by Crippen LogP contribution is -2.31. The zero-order valence-corrected chi connectivity index (χ0v) is 9.08. The van der Waals surface area contributed by atoms with Gasteiger partial charge in [-0.1, -0.05) is 0 Å². The lowest BCUT2D eigenvalue weighted by atomic mass is 10.0. The fraction of sp³-hybridized carbons (Fsp3) is 0.636. The Balaban J connectivity index is 2.08. The molecule has 0 saturated carbocycles. The smallest absolute Gasteiger partial charge is 0.345 e. The first kappa shape index (κ1) is 9.99. The summed E-state index contributed by atoms with van der Waals surface area (Å²) in [4.78, 5) is 18.4. The highest BCUT2D eigenvalue weighted by Crippen LogP contribution is 2.30. The second kappa shape index (κ2) is 3.99. The third kappa shape index (κ3) is 1.66. The van der Waals surface area contributed by atoms with Crippen molar-refractivity contribution in [1.29, 1.82) is 0 Å². The monoisotopic (exact) mass is 221 g/mol. The summed E-state index contributed by atoms with van der Waals surface area (Å²) in [5.41, 5.74) is 2.77. The van der Waals surface area contributed by atoms with Crippen LogP contribution < -0.4 is 11.0 Å². The van der Waals surface area contributed by atoms with Gasteiger partial charge in [0.1, 0.15) is 6.10 Å². The Morgan fingerprint density at radius 1 is 1.44 bits per heavy atom. The number of rotatable bonds is 1. The Hall–Kier alpha value is -1.20. The first-order valence-electron chi connectivity index (χ1n) is 5.79. The summed E-state index contributed by atoms with van der Waals surface area (Å²) in [6.45, 7) is 2.48. The van der Waals surface area contributed by atoms with Crippen LogP contribution in [0.25, 0.3) is 0 Å². The van der Waals surface area contributed by atoms with E-state index in [-0.39, 0.29) is 11.8 Å². The highest BCUT2D eigenvalue weighted by atomic mass is 16.5. The van der Waals surface area contributed by atoms with Crippen LogP contribution in [0.3, 0.4) is 0 Å². The Morgan fingerprint density at radius 3 is 3.19 bits per heavy atom. The average molecular weight is 221 g/mol. The fourth-order valence-corrected chi connectivity index (χ4v) is 2.46. The van der Waals surface area contributed by atoms with Gasteiger partial charge in [-0.15, -0.1) is 0 Å². The van der Waals surface area contributed by atoms with Crippen LogP contribution in [0.5, 0.6) is 0 Å². The van der Waals surface area contributed by atoms with Crippen LogP contribution in [0.15, 0.2) is 4.79 Å². The predicted octanol–water partition coefficient (Wildman–Crippen LogP) is 0.267. The van der Waals surface area contributed by atoms with Gasteiger partial charge in [0, 0.05) is 37.4 Å². The predicted molar refractivity (Wildman–Crippen MR) is 58.2 cm³/mol. The normalized spacial score (nSPS) is 24.4. The maximum absolute atomic E-state index is 11.5. The van der Waals surface area contributed by atoms with Crippen LogP contribution in [0.1, 0.15) is 35.9 Å². The number of H-pyrrole nitrogens is 1. The van der Waals surface area contributed by atoms with Crippen molar-refractivity contribution in [3.05, 3.63) is 27.4 Å². The van der Waals surface area contributed by atoms with Crippen LogP contribution in [0.4, 0.5) is 0 Å². The first-order valence-corrected chi connectivity index (χ1v) is 5.79. The van der Waals surface area contributed by atoms with Crippen molar-refractivity contribution >= 4 is 0 Å². The van der Waals surface area contributed by atoms with E-state index in [0.717, 1.165) is 55.9 Å². The van der Waals surface area contributed by atoms with E-state index in [2.05, 4.69) is 15.3 Å². The van der Waals surface area contributed by atoms with Crippen molar-refractivity contribution < 1.29 is 4.74 Å². The molecule has 5 heteroatoms. The molecule has 1 aromatic heterocycles. The zero-order chi connectivity index (χ0) is 11.0. The standard InChI is InChI=1S/C11H15N3O2/c15-11-13-8-3-4-12-6-7(8)10(14-11)9-2-1-5-16-9/h9,12H,1-6H2,(H,13,14,15). The van der Waals surface area contributed by atoms with Gasteiger partial charge in [-0.2, -0.15) is 4.98 Å². The first-order chi connectivity index (χ1) is 7.84. The highest BCUT2D eigenvalue weighted by molar-refractivity contribution is 5.28. The number of nitrogens with zero attached hydrogens (tertiary/aromatic N) is 1. The molecular weight excluding hydrogens is 206 g/mol. The van der Waals surface area contributed by atoms with E-state index in [4.69, 9.17) is 4.74 Å². The molecular formula is C11H15N3O2. The van der Waals surface area contributed by atoms with Crippen molar-refractivity contribution in [3.63, 3.8) is 0 Å². The summed E-state index contributed by atoms with van der Waals surface area (Å²) in [6, 6.07) is 0. The number of nitrogens with one attached hydrogen (secondary N) is 2. The second-order valence-electron chi connectivity index (χ2n) is 4.31. The molecule has 0 amide bonds. The number of hydrogen-bond donors (Lipinski definition) is 2. The number of hydrogen-bond acceptors (Lipinski definition) is 4. The van der Waals surface area contributed by atoms with Gasteiger partial charge in [0.2, 0.25) is 0 Å². The molecule has 0 aliphatic carbocycles. The molecule has 1 saturated heterocycles. The minimum atomic E-state index is -0.244. The third-order valence-corrected chi connectivity index (χ3v) is 3.24. The zero-order valence-electron chi connectivity index (χ0n) is 9.08.